The standard InChI is InChI=1S/C13H17ClN6/c14-11-12(15)16-8-17-13(11)19-9-4-1-2-5-10(9)20-7-3-6-18-20/h3,6-10H,1-2,4-5H2,(H3,15,16,17,19)/t9-,10+/m1/s1. The van der Waals surface area contributed by atoms with Gasteiger partial charge in [0.15, 0.2) is 5.82 Å². The number of nitrogens with one attached hydrogen (secondary N) is 1. The average Bonchev–Trinajstić information content (AvgIpc) is 2.98. The summed E-state index contributed by atoms with van der Waals surface area (Å²) in [6, 6.07) is 2.50. The molecular weight excluding hydrogens is 276 g/mol. The minimum atomic E-state index is 0.246. The van der Waals surface area contributed by atoms with Crippen molar-refractivity contribution in [2.75, 3.05) is 11.1 Å². The van der Waals surface area contributed by atoms with E-state index in [2.05, 4.69) is 20.4 Å². The molecule has 2 aromatic heterocycles. The Balaban J connectivity index is 1.82. The van der Waals surface area contributed by atoms with Crippen molar-refractivity contribution < 1.29 is 0 Å². The van der Waals surface area contributed by atoms with Crippen LogP contribution >= 0.6 is 11.6 Å². The second-order valence-corrected chi connectivity index (χ2v) is 5.39. The van der Waals surface area contributed by atoms with Gasteiger partial charge in [-0.1, -0.05) is 24.4 Å². The Hall–Kier alpha value is -1.82. The van der Waals surface area contributed by atoms with Crippen LogP contribution in [0, 0.1) is 0 Å². The van der Waals surface area contributed by atoms with Gasteiger partial charge in [-0.25, -0.2) is 9.97 Å². The first-order chi connectivity index (χ1) is 9.75. The molecule has 1 fully saturated rings. The lowest BCUT2D eigenvalue weighted by Gasteiger charge is -2.32. The SMILES string of the molecule is Nc1ncnc(N[C@@H]2CCCC[C@@H]2n2cccn2)c1Cl. The Morgan fingerprint density at radius 2 is 2.15 bits per heavy atom. The van der Waals surface area contributed by atoms with E-state index in [1.807, 2.05) is 16.9 Å². The highest BCUT2D eigenvalue weighted by molar-refractivity contribution is 6.35. The maximum Gasteiger partial charge on any atom is 0.150 e. The molecule has 0 spiro atoms. The summed E-state index contributed by atoms with van der Waals surface area (Å²) in [5.74, 6) is 0.902. The van der Waals surface area contributed by atoms with Crippen LogP contribution in [0.3, 0.4) is 0 Å². The van der Waals surface area contributed by atoms with Crippen molar-refractivity contribution in [1.82, 2.24) is 19.7 Å². The summed E-state index contributed by atoms with van der Waals surface area (Å²) in [6.45, 7) is 0. The summed E-state index contributed by atoms with van der Waals surface area (Å²) < 4.78 is 2.01. The molecule has 1 aliphatic carbocycles. The molecule has 2 aromatic rings. The molecule has 6 nitrogen and oxygen atoms in total. The zero-order valence-corrected chi connectivity index (χ0v) is 11.8. The van der Waals surface area contributed by atoms with Crippen LogP contribution < -0.4 is 11.1 Å². The summed E-state index contributed by atoms with van der Waals surface area (Å²) in [4.78, 5) is 8.06. The molecule has 1 saturated carbocycles. The van der Waals surface area contributed by atoms with Crippen LogP contribution in [-0.2, 0) is 0 Å². The van der Waals surface area contributed by atoms with Gasteiger partial charge in [-0.2, -0.15) is 5.10 Å². The fraction of sp³-hybridized carbons (Fsp3) is 0.462. The highest BCUT2D eigenvalue weighted by Gasteiger charge is 2.27. The summed E-state index contributed by atoms with van der Waals surface area (Å²) in [5.41, 5.74) is 5.71. The van der Waals surface area contributed by atoms with Gasteiger partial charge in [0.2, 0.25) is 0 Å². The van der Waals surface area contributed by atoms with E-state index in [-0.39, 0.29) is 6.04 Å². The van der Waals surface area contributed by atoms with Crippen LogP contribution in [0.2, 0.25) is 5.02 Å². The predicted octanol–water partition coefficient (Wildman–Crippen LogP) is 2.50. The minimum Gasteiger partial charge on any atom is -0.382 e. The van der Waals surface area contributed by atoms with Crippen LogP contribution in [0.4, 0.5) is 11.6 Å². The van der Waals surface area contributed by atoms with E-state index in [1.54, 1.807) is 6.20 Å². The molecular formula is C13H17ClN6. The topological polar surface area (TPSA) is 81.6 Å². The second-order valence-electron chi connectivity index (χ2n) is 5.01. The van der Waals surface area contributed by atoms with Crippen molar-refractivity contribution in [2.45, 2.75) is 37.8 Å². The fourth-order valence-electron chi connectivity index (χ4n) is 2.73. The van der Waals surface area contributed by atoms with Crippen molar-refractivity contribution in [1.29, 1.82) is 0 Å². The second kappa shape index (κ2) is 5.66. The lowest BCUT2D eigenvalue weighted by atomic mass is 9.90. The quantitative estimate of drug-likeness (QED) is 0.908. The van der Waals surface area contributed by atoms with E-state index in [1.165, 1.54) is 19.2 Å². The molecule has 1 aliphatic rings. The van der Waals surface area contributed by atoms with Crippen LogP contribution in [-0.4, -0.2) is 25.8 Å². The third kappa shape index (κ3) is 2.56. The molecule has 3 rings (SSSR count). The van der Waals surface area contributed by atoms with Crippen molar-refractivity contribution in [3.05, 3.63) is 29.8 Å². The highest BCUT2D eigenvalue weighted by Crippen LogP contribution is 2.32. The third-order valence-corrected chi connectivity index (χ3v) is 4.11. The number of aromatic nitrogens is 4. The molecule has 3 N–H and O–H groups in total. The van der Waals surface area contributed by atoms with Gasteiger partial charge in [0.25, 0.3) is 0 Å². The van der Waals surface area contributed by atoms with Crippen LogP contribution in [0.15, 0.2) is 24.8 Å². The van der Waals surface area contributed by atoms with Crippen LogP contribution in [0.25, 0.3) is 0 Å². The van der Waals surface area contributed by atoms with Gasteiger partial charge >= 0.3 is 0 Å². The molecule has 7 heteroatoms. The molecule has 20 heavy (non-hydrogen) atoms. The number of nitrogens with zero attached hydrogens (tertiary/aromatic N) is 4. The van der Waals surface area contributed by atoms with Gasteiger partial charge in [-0.05, 0) is 18.9 Å². The average molecular weight is 293 g/mol. The van der Waals surface area contributed by atoms with Gasteiger partial charge in [-0.3, -0.25) is 4.68 Å². The van der Waals surface area contributed by atoms with Crippen molar-refractivity contribution >= 4 is 23.2 Å². The smallest absolute Gasteiger partial charge is 0.150 e. The van der Waals surface area contributed by atoms with E-state index < -0.39 is 0 Å². The number of halogens is 1. The molecule has 0 amide bonds. The van der Waals surface area contributed by atoms with E-state index in [9.17, 15) is 0 Å². The Morgan fingerprint density at radius 1 is 1.30 bits per heavy atom. The first-order valence-electron chi connectivity index (χ1n) is 6.77. The maximum atomic E-state index is 6.15. The van der Waals surface area contributed by atoms with Crippen molar-refractivity contribution in [3.63, 3.8) is 0 Å². The molecule has 2 heterocycles. The molecule has 106 valence electrons. The first kappa shape index (κ1) is 13.2. The Bertz CT molecular complexity index is 570. The first-order valence-corrected chi connectivity index (χ1v) is 7.15. The summed E-state index contributed by atoms with van der Waals surface area (Å²) >= 11 is 6.15. The highest BCUT2D eigenvalue weighted by atomic mass is 35.5. The Labute approximate surface area is 122 Å². The predicted molar refractivity (Wildman–Crippen MR) is 78.6 cm³/mol. The number of hydrogen-bond donors (Lipinski definition) is 2. The maximum absolute atomic E-state index is 6.15. The van der Waals surface area contributed by atoms with Gasteiger partial charge in [-0.15, -0.1) is 0 Å². The third-order valence-electron chi connectivity index (χ3n) is 3.73. The zero-order valence-electron chi connectivity index (χ0n) is 11.0. The van der Waals surface area contributed by atoms with Gasteiger partial charge in [0, 0.05) is 12.4 Å². The molecule has 0 bridgehead atoms. The Kier molecular flexibility index (Phi) is 3.73. The number of hydrogen-bond acceptors (Lipinski definition) is 5. The van der Waals surface area contributed by atoms with E-state index in [0.717, 1.165) is 12.8 Å². The number of nitrogen functional groups attached to an aromatic ring is 1. The van der Waals surface area contributed by atoms with Gasteiger partial charge in [0.05, 0.1) is 12.1 Å². The largest absolute Gasteiger partial charge is 0.382 e. The van der Waals surface area contributed by atoms with Crippen molar-refractivity contribution in [3.8, 4) is 0 Å². The van der Waals surface area contributed by atoms with Gasteiger partial charge in [0.1, 0.15) is 17.2 Å². The molecule has 0 unspecified atom stereocenters. The summed E-state index contributed by atoms with van der Waals surface area (Å²) in [5, 5.41) is 8.15. The monoisotopic (exact) mass is 292 g/mol. The summed E-state index contributed by atoms with van der Waals surface area (Å²) in [6.07, 6.45) is 9.79. The van der Waals surface area contributed by atoms with Gasteiger partial charge < -0.3 is 11.1 Å². The van der Waals surface area contributed by atoms with E-state index in [4.69, 9.17) is 17.3 Å². The molecule has 0 aromatic carbocycles. The fourth-order valence-corrected chi connectivity index (χ4v) is 2.88. The molecule has 0 radical (unpaired) electrons. The lowest BCUT2D eigenvalue weighted by Crippen LogP contribution is -2.35. The molecule has 2 atom stereocenters. The van der Waals surface area contributed by atoms with E-state index >= 15 is 0 Å². The lowest BCUT2D eigenvalue weighted by molar-refractivity contribution is 0.301. The Morgan fingerprint density at radius 3 is 2.95 bits per heavy atom. The number of anilines is 2. The zero-order chi connectivity index (χ0) is 13.9. The molecule has 0 saturated heterocycles. The van der Waals surface area contributed by atoms with E-state index in [0.29, 0.717) is 22.7 Å². The molecule has 0 aliphatic heterocycles. The van der Waals surface area contributed by atoms with Crippen LogP contribution in [0.1, 0.15) is 31.7 Å². The van der Waals surface area contributed by atoms with Crippen molar-refractivity contribution in [2.24, 2.45) is 0 Å². The number of rotatable bonds is 3. The number of nitrogens with two attached hydrogens (primary N) is 1. The summed E-state index contributed by atoms with van der Waals surface area (Å²) in [7, 11) is 0. The van der Waals surface area contributed by atoms with Crippen LogP contribution in [0.5, 0.6) is 0 Å². The normalized spacial score (nSPS) is 22.6. The minimum absolute atomic E-state index is 0.246.